The van der Waals surface area contributed by atoms with Gasteiger partial charge in [0, 0.05) is 17.8 Å². The lowest BCUT2D eigenvalue weighted by Gasteiger charge is -2.09. The summed E-state index contributed by atoms with van der Waals surface area (Å²) in [5.41, 5.74) is 0.165. The molecule has 0 saturated heterocycles. The molecule has 0 fully saturated rings. The average molecular weight is 407 g/mol. The standard InChI is InChI=1S/C21H17N3O6/c1-14-19(23(26)27)11-16(12-20(14)24(28)29)21(25)22-17-7-9-18(10-8-17)30-13-15-5-3-2-4-6-15/h2-12H,13H2,1H3,(H,22,25). The van der Waals surface area contributed by atoms with Crippen LogP contribution >= 0.6 is 0 Å². The first-order valence-electron chi connectivity index (χ1n) is 8.86. The summed E-state index contributed by atoms with van der Waals surface area (Å²) in [7, 11) is 0. The topological polar surface area (TPSA) is 125 Å². The van der Waals surface area contributed by atoms with E-state index in [4.69, 9.17) is 4.74 Å². The van der Waals surface area contributed by atoms with E-state index in [1.54, 1.807) is 24.3 Å². The Hall–Kier alpha value is -4.27. The van der Waals surface area contributed by atoms with Crippen LogP contribution in [0.15, 0.2) is 66.7 Å². The molecule has 152 valence electrons. The van der Waals surface area contributed by atoms with Crippen molar-refractivity contribution in [3.63, 3.8) is 0 Å². The fourth-order valence-corrected chi connectivity index (χ4v) is 2.77. The van der Waals surface area contributed by atoms with Crippen LogP contribution in [0.5, 0.6) is 5.75 Å². The van der Waals surface area contributed by atoms with Gasteiger partial charge in [0.15, 0.2) is 0 Å². The summed E-state index contributed by atoms with van der Waals surface area (Å²) in [5, 5.41) is 24.9. The van der Waals surface area contributed by atoms with Crippen LogP contribution in [0.1, 0.15) is 21.5 Å². The molecule has 0 aliphatic carbocycles. The normalized spacial score (nSPS) is 10.3. The number of hydrogen-bond acceptors (Lipinski definition) is 6. The number of carbonyl (C=O) groups is 1. The zero-order valence-corrected chi connectivity index (χ0v) is 15.9. The first kappa shape index (κ1) is 20.5. The molecule has 0 bridgehead atoms. The van der Waals surface area contributed by atoms with Gasteiger partial charge in [-0.15, -0.1) is 0 Å². The molecule has 1 N–H and O–H groups in total. The van der Waals surface area contributed by atoms with Crippen LogP contribution in [-0.4, -0.2) is 15.8 Å². The van der Waals surface area contributed by atoms with Crippen LogP contribution in [0, 0.1) is 27.2 Å². The van der Waals surface area contributed by atoms with Crippen molar-refractivity contribution in [2.24, 2.45) is 0 Å². The Labute approximate surface area is 171 Å². The van der Waals surface area contributed by atoms with Crippen molar-refractivity contribution in [2.45, 2.75) is 13.5 Å². The van der Waals surface area contributed by atoms with Gasteiger partial charge in [-0.3, -0.25) is 25.0 Å². The summed E-state index contributed by atoms with van der Waals surface area (Å²) >= 11 is 0. The molecule has 0 radical (unpaired) electrons. The maximum atomic E-state index is 12.5. The number of rotatable bonds is 7. The second kappa shape index (κ2) is 8.82. The highest BCUT2D eigenvalue weighted by Gasteiger charge is 2.25. The van der Waals surface area contributed by atoms with Crippen LogP contribution < -0.4 is 10.1 Å². The first-order chi connectivity index (χ1) is 14.3. The third-order valence-electron chi connectivity index (χ3n) is 4.37. The summed E-state index contributed by atoms with van der Waals surface area (Å²) < 4.78 is 5.67. The molecule has 0 aliphatic rings. The second-order valence-electron chi connectivity index (χ2n) is 6.41. The molecular weight excluding hydrogens is 390 g/mol. The number of anilines is 1. The second-order valence-corrected chi connectivity index (χ2v) is 6.41. The van der Waals surface area contributed by atoms with E-state index in [2.05, 4.69) is 5.32 Å². The predicted octanol–water partition coefficient (Wildman–Crippen LogP) is 4.64. The Balaban J connectivity index is 1.73. The highest BCUT2D eigenvalue weighted by Crippen LogP contribution is 2.29. The number of amides is 1. The van der Waals surface area contributed by atoms with Crippen molar-refractivity contribution in [3.8, 4) is 5.75 Å². The SMILES string of the molecule is Cc1c([N+](=O)[O-])cc(C(=O)Nc2ccc(OCc3ccccc3)cc2)cc1[N+](=O)[O-]. The minimum absolute atomic E-state index is 0.110. The monoisotopic (exact) mass is 407 g/mol. The van der Waals surface area contributed by atoms with Crippen molar-refractivity contribution in [1.82, 2.24) is 0 Å². The summed E-state index contributed by atoms with van der Waals surface area (Å²) in [5.74, 6) is -0.0994. The summed E-state index contributed by atoms with van der Waals surface area (Å²) in [6.07, 6.45) is 0. The Morgan fingerprint density at radius 2 is 1.50 bits per heavy atom. The van der Waals surface area contributed by atoms with Gasteiger partial charge in [-0.1, -0.05) is 30.3 Å². The minimum atomic E-state index is -0.752. The molecule has 3 aromatic rings. The Bertz CT molecular complexity index is 1060. The number of nitrogens with zero attached hydrogens (tertiary/aromatic N) is 2. The zero-order valence-electron chi connectivity index (χ0n) is 15.9. The first-order valence-corrected chi connectivity index (χ1v) is 8.86. The molecule has 0 atom stereocenters. The lowest BCUT2D eigenvalue weighted by Crippen LogP contribution is -2.13. The number of carbonyl (C=O) groups excluding carboxylic acids is 1. The highest BCUT2D eigenvalue weighted by atomic mass is 16.6. The van der Waals surface area contributed by atoms with Crippen LogP contribution in [0.4, 0.5) is 17.1 Å². The summed E-state index contributed by atoms with van der Waals surface area (Å²) in [4.78, 5) is 33.3. The molecule has 0 spiro atoms. The molecule has 0 saturated carbocycles. The van der Waals surface area contributed by atoms with Gasteiger partial charge in [0.05, 0.1) is 15.4 Å². The van der Waals surface area contributed by atoms with Gasteiger partial charge in [0.25, 0.3) is 17.3 Å². The third-order valence-corrected chi connectivity index (χ3v) is 4.37. The lowest BCUT2D eigenvalue weighted by atomic mass is 10.1. The molecule has 0 unspecified atom stereocenters. The fourth-order valence-electron chi connectivity index (χ4n) is 2.77. The molecule has 0 heterocycles. The molecule has 0 aromatic heterocycles. The number of hydrogen-bond donors (Lipinski definition) is 1. The van der Waals surface area contributed by atoms with Gasteiger partial charge in [-0.25, -0.2) is 0 Å². The van der Waals surface area contributed by atoms with Crippen LogP contribution in [-0.2, 0) is 6.61 Å². The molecule has 0 aliphatic heterocycles. The van der Waals surface area contributed by atoms with Crippen molar-refractivity contribution >= 4 is 23.0 Å². The van der Waals surface area contributed by atoms with E-state index in [0.29, 0.717) is 18.0 Å². The van der Waals surface area contributed by atoms with Gasteiger partial charge in [0.2, 0.25) is 0 Å². The summed E-state index contributed by atoms with van der Waals surface area (Å²) in [6, 6.07) is 18.2. The van der Waals surface area contributed by atoms with Crippen molar-refractivity contribution in [1.29, 1.82) is 0 Å². The van der Waals surface area contributed by atoms with Crippen LogP contribution in [0.3, 0.4) is 0 Å². The number of nitro groups is 2. The Morgan fingerprint density at radius 3 is 2.03 bits per heavy atom. The van der Waals surface area contributed by atoms with Gasteiger partial charge >= 0.3 is 0 Å². The van der Waals surface area contributed by atoms with Crippen molar-refractivity contribution in [3.05, 3.63) is 104 Å². The smallest absolute Gasteiger partial charge is 0.279 e. The molecule has 3 aromatic carbocycles. The largest absolute Gasteiger partial charge is 0.489 e. The Kier molecular flexibility index (Phi) is 6.02. The van der Waals surface area contributed by atoms with Crippen molar-refractivity contribution < 1.29 is 19.4 Å². The number of nitro benzene ring substituents is 2. The number of ether oxygens (including phenoxy) is 1. The zero-order chi connectivity index (χ0) is 21.7. The van der Waals surface area contributed by atoms with Gasteiger partial charge in [-0.05, 0) is 36.8 Å². The quantitative estimate of drug-likeness (QED) is 0.449. The third kappa shape index (κ3) is 4.76. The molecule has 9 nitrogen and oxygen atoms in total. The van der Waals surface area contributed by atoms with Gasteiger partial charge in [0.1, 0.15) is 17.9 Å². The van der Waals surface area contributed by atoms with Crippen LogP contribution in [0.25, 0.3) is 0 Å². The predicted molar refractivity (Wildman–Crippen MR) is 110 cm³/mol. The molecule has 3 rings (SSSR count). The van der Waals surface area contributed by atoms with E-state index >= 15 is 0 Å². The molecular formula is C21H17N3O6. The van der Waals surface area contributed by atoms with Crippen molar-refractivity contribution in [2.75, 3.05) is 5.32 Å². The molecule has 30 heavy (non-hydrogen) atoms. The maximum absolute atomic E-state index is 12.5. The average Bonchev–Trinajstić information content (AvgIpc) is 2.73. The van der Waals surface area contributed by atoms with E-state index in [1.807, 2.05) is 30.3 Å². The number of nitrogens with one attached hydrogen (secondary N) is 1. The Morgan fingerprint density at radius 1 is 0.933 bits per heavy atom. The van der Waals surface area contributed by atoms with E-state index in [0.717, 1.165) is 17.7 Å². The molecule has 9 heteroatoms. The van der Waals surface area contributed by atoms with Crippen LogP contribution in [0.2, 0.25) is 0 Å². The van der Waals surface area contributed by atoms with Gasteiger partial charge in [-0.2, -0.15) is 0 Å². The maximum Gasteiger partial charge on any atom is 0.279 e. The van der Waals surface area contributed by atoms with E-state index in [-0.39, 0.29) is 11.1 Å². The highest BCUT2D eigenvalue weighted by molar-refractivity contribution is 6.05. The van der Waals surface area contributed by atoms with Gasteiger partial charge < -0.3 is 10.1 Å². The fraction of sp³-hybridized carbons (Fsp3) is 0.0952. The lowest BCUT2D eigenvalue weighted by molar-refractivity contribution is -0.395. The molecule has 1 amide bonds. The summed E-state index contributed by atoms with van der Waals surface area (Å²) in [6.45, 7) is 1.66. The van der Waals surface area contributed by atoms with E-state index < -0.39 is 27.1 Å². The minimum Gasteiger partial charge on any atom is -0.489 e. The van der Waals surface area contributed by atoms with E-state index in [1.165, 1.54) is 6.92 Å². The number of benzene rings is 3. The van der Waals surface area contributed by atoms with E-state index in [9.17, 15) is 25.0 Å².